The molecule has 2 heterocycles. The van der Waals surface area contributed by atoms with Crippen LogP contribution in [-0.4, -0.2) is 23.0 Å². The number of pyridine rings is 1. The Bertz CT molecular complexity index is 1190. The van der Waals surface area contributed by atoms with E-state index in [1.54, 1.807) is 13.8 Å². The Morgan fingerprint density at radius 2 is 1.60 bits per heavy atom. The fraction of sp³-hybridized carbons (Fsp3) is 0.400. The van der Waals surface area contributed by atoms with Gasteiger partial charge in [-0.2, -0.15) is 13.2 Å². The third-order valence-electron chi connectivity index (χ3n) is 4.82. The molecule has 0 amide bonds. The fourth-order valence-corrected chi connectivity index (χ4v) is 4.69. The first-order chi connectivity index (χ1) is 13.7. The lowest BCUT2D eigenvalue weighted by Gasteiger charge is -2.22. The summed E-state index contributed by atoms with van der Waals surface area (Å²) in [6.45, 7) is 9.26. The first kappa shape index (κ1) is 22.2. The number of hydrogen-bond acceptors (Lipinski definition) is 4. The third kappa shape index (κ3) is 4.34. The Balaban J connectivity index is 1.92. The number of sulfonamides is 1. The molecule has 6 nitrogen and oxygen atoms in total. The maximum absolute atomic E-state index is 13.0. The number of nitrogens with one attached hydrogen (secondary N) is 1. The van der Waals surface area contributed by atoms with Crippen LogP contribution < -0.4 is 4.72 Å². The molecule has 3 rings (SSSR count). The van der Waals surface area contributed by atoms with Crippen molar-refractivity contribution in [1.82, 2.24) is 19.3 Å². The normalized spacial score (nSPS) is 13.2. The monoisotopic (exact) mass is 440 g/mol. The molecule has 0 saturated heterocycles. The molecule has 0 aliphatic rings. The maximum Gasteiger partial charge on any atom is 0.417 e. The average molecular weight is 440 g/mol. The van der Waals surface area contributed by atoms with Crippen LogP contribution in [0.15, 0.2) is 35.4 Å². The van der Waals surface area contributed by atoms with Gasteiger partial charge in [0.15, 0.2) is 11.5 Å². The molecule has 1 aromatic carbocycles. The average Bonchev–Trinajstić information content (AvgIpc) is 3.00. The van der Waals surface area contributed by atoms with Crippen molar-refractivity contribution in [3.8, 4) is 0 Å². The highest BCUT2D eigenvalue weighted by molar-refractivity contribution is 7.89. The molecule has 0 fully saturated rings. The molecule has 2 aromatic heterocycles. The molecule has 0 radical (unpaired) electrons. The number of alkyl halides is 3. The van der Waals surface area contributed by atoms with Crippen molar-refractivity contribution in [2.75, 3.05) is 0 Å². The van der Waals surface area contributed by atoms with Gasteiger partial charge >= 0.3 is 6.18 Å². The Morgan fingerprint density at radius 1 is 1.00 bits per heavy atom. The minimum atomic E-state index is -4.53. The van der Waals surface area contributed by atoms with E-state index < -0.39 is 21.8 Å². The number of fused-ring (bicyclic) bond motifs is 1. The standard InChI is InChI=1S/C20H23F3N4O2S/c1-12-8-15(19(3,4)5)9-13(2)18(12)30(28,29)24-10-17-26-25-16-7-6-14(11-27(16)17)20(21,22)23/h6-9,11,24H,10H2,1-5H3. The van der Waals surface area contributed by atoms with Crippen LogP contribution in [-0.2, 0) is 28.2 Å². The molecule has 1 N–H and O–H groups in total. The predicted octanol–water partition coefficient (Wildman–Crippen LogP) is 4.14. The summed E-state index contributed by atoms with van der Waals surface area (Å²) in [6, 6.07) is 5.77. The second-order valence-corrected chi connectivity index (χ2v) is 9.98. The predicted molar refractivity (Wildman–Crippen MR) is 107 cm³/mol. The largest absolute Gasteiger partial charge is 0.417 e. The Hall–Kier alpha value is -2.46. The molecule has 0 spiro atoms. The van der Waals surface area contributed by atoms with Gasteiger partial charge in [-0.3, -0.25) is 4.40 Å². The lowest BCUT2D eigenvalue weighted by atomic mass is 9.85. The molecule has 0 unspecified atom stereocenters. The van der Waals surface area contributed by atoms with E-state index in [2.05, 4.69) is 14.9 Å². The van der Waals surface area contributed by atoms with Crippen molar-refractivity contribution in [1.29, 1.82) is 0 Å². The molecular formula is C20H23F3N4O2S. The minimum Gasteiger partial charge on any atom is -0.285 e. The van der Waals surface area contributed by atoms with Gasteiger partial charge in [0.2, 0.25) is 10.0 Å². The zero-order valence-corrected chi connectivity index (χ0v) is 18.1. The molecule has 162 valence electrons. The summed E-state index contributed by atoms with van der Waals surface area (Å²) in [5.41, 5.74) is 1.39. The van der Waals surface area contributed by atoms with Crippen LogP contribution in [0, 0.1) is 13.8 Å². The van der Waals surface area contributed by atoms with Crippen molar-refractivity contribution in [2.24, 2.45) is 0 Å². The van der Waals surface area contributed by atoms with Gasteiger partial charge in [0.1, 0.15) is 0 Å². The quantitative estimate of drug-likeness (QED) is 0.662. The number of halogens is 3. The molecule has 0 aliphatic carbocycles. The van der Waals surface area contributed by atoms with E-state index in [9.17, 15) is 21.6 Å². The summed E-state index contributed by atoms with van der Waals surface area (Å²) in [4.78, 5) is 0.153. The van der Waals surface area contributed by atoms with Gasteiger partial charge in [-0.15, -0.1) is 10.2 Å². The number of aryl methyl sites for hydroxylation is 2. The molecule has 3 aromatic rings. The highest BCUT2D eigenvalue weighted by atomic mass is 32.2. The number of nitrogens with zero attached hydrogens (tertiary/aromatic N) is 3. The number of hydrogen-bond donors (Lipinski definition) is 1. The molecule has 0 atom stereocenters. The van der Waals surface area contributed by atoms with Crippen LogP contribution in [0.25, 0.3) is 5.65 Å². The summed E-state index contributed by atoms with van der Waals surface area (Å²) < 4.78 is 68.4. The first-order valence-corrected chi connectivity index (χ1v) is 10.7. The zero-order chi connectivity index (χ0) is 22.5. The molecule has 30 heavy (non-hydrogen) atoms. The molecule has 0 aliphatic heterocycles. The molecule has 0 bridgehead atoms. The van der Waals surface area contributed by atoms with Crippen molar-refractivity contribution in [2.45, 2.75) is 57.7 Å². The smallest absolute Gasteiger partial charge is 0.285 e. The van der Waals surface area contributed by atoms with Gasteiger partial charge in [-0.1, -0.05) is 32.9 Å². The summed E-state index contributed by atoms with van der Waals surface area (Å²) in [6.07, 6.45) is -3.67. The Kier molecular flexibility index (Phi) is 5.44. The topological polar surface area (TPSA) is 76.4 Å². The van der Waals surface area contributed by atoms with E-state index in [0.717, 1.165) is 22.2 Å². The SMILES string of the molecule is Cc1cc(C(C)(C)C)cc(C)c1S(=O)(=O)NCc1nnc2ccc(C(F)(F)F)cn12. The van der Waals surface area contributed by atoms with E-state index in [1.807, 2.05) is 32.9 Å². The maximum atomic E-state index is 13.0. The van der Waals surface area contributed by atoms with Crippen LogP contribution in [0.3, 0.4) is 0 Å². The highest BCUT2D eigenvalue weighted by Gasteiger charge is 2.31. The molecule has 0 saturated carbocycles. The summed E-state index contributed by atoms with van der Waals surface area (Å²) in [5.74, 6) is 0.0568. The van der Waals surface area contributed by atoms with E-state index >= 15 is 0 Å². The first-order valence-electron chi connectivity index (χ1n) is 9.22. The summed E-state index contributed by atoms with van der Waals surface area (Å²) >= 11 is 0. The minimum absolute atomic E-state index is 0.0568. The van der Waals surface area contributed by atoms with E-state index in [0.29, 0.717) is 11.1 Å². The lowest BCUT2D eigenvalue weighted by Crippen LogP contribution is -2.26. The fourth-order valence-electron chi connectivity index (χ4n) is 3.27. The van der Waals surface area contributed by atoms with E-state index in [-0.39, 0.29) is 28.3 Å². The van der Waals surface area contributed by atoms with Crippen LogP contribution in [0.2, 0.25) is 0 Å². The van der Waals surface area contributed by atoms with Crippen molar-refractivity contribution in [3.63, 3.8) is 0 Å². The number of rotatable bonds is 4. The molecule has 10 heteroatoms. The van der Waals surface area contributed by atoms with Gasteiger partial charge < -0.3 is 0 Å². The second kappa shape index (κ2) is 7.35. The van der Waals surface area contributed by atoms with Gasteiger partial charge in [-0.05, 0) is 48.1 Å². The summed E-state index contributed by atoms with van der Waals surface area (Å²) in [5, 5.41) is 7.62. The van der Waals surface area contributed by atoms with Gasteiger partial charge in [0.05, 0.1) is 17.0 Å². The van der Waals surface area contributed by atoms with Crippen LogP contribution in [0.1, 0.15) is 48.8 Å². The second-order valence-electron chi connectivity index (χ2n) is 8.27. The number of benzene rings is 1. The Morgan fingerprint density at radius 3 is 2.13 bits per heavy atom. The Labute approximate surface area is 173 Å². The van der Waals surface area contributed by atoms with Crippen molar-refractivity contribution >= 4 is 15.7 Å². The van der Waals surface area contributed by atoms with Crippen LogP contribution in [0.5, 0.6) is 0 Å². The summed E-state index contributed by atoms with van der Waals surface area (Å²) in [7, 11) is -3.92. The van der Waals surface area contributed by atoms with Gasteiger partial charge in [-0.25, -0.2) is 13.1 Å². The zero-order valence-electron chi connectivity index (χ0n) is 17.3. The van der Waals surface area contributed by atoms with Crippen LogP contribution >= 0.6 is 0 Å². The molecular weight excluding hydrogens is 417 g/mol. The van der Waals surface area contributed by atoms with E-state index in [4.69, 9.17) is 0 Å². The van der Waals surface area contributed by atoms with E-state index in [1.165, 1.54) is 6.07 Å². The van der Waals surface area contributed by atoms with Crippen LogP contribution in [0.4, 0.5) is 13.2 Å². The van der Waals surface area contributed by atoms with Crippen molar-refractivity contribution in [3.05, 3.63) is 58.5 Å². The van der Waals surface area contributed by atoms with Gasteiger partial charge in [0.25, 0.3) is 0 Å². The lowest BCUT2D eigenvalue weighted by molar-refractivity contribution is -0.137. The number of aromatic nitrogens is 3. The third-order valence-corrected chi connectivity index (χ3v) is 6.52. The highest BCUT2D eigenvalue weighted by Crippen LogP contribution is 2.30. The van der Waals surface area contributed by atoms with Crippen molar-refractivity contribution < 1.29 is 21.6 Å². The van der Waals surface area contributed by atoms with Gasteiger partial charge in [0, 0.05) is 6.20 Å².